The number of nitro groups is 1. The van der Waals surface area contributed by atoms with E-state index in [0.717, 1.165) is 11.0 Å². The molecule has 0 bridgehead atoms. The maximum absolute atomic E-state index is 12.0. The van der Waals surface area contributed by atoms with E-state index in [1.807, 2.05) is 0 Å². The number of amides is 4. The zero-order valence-corrected chi connectivity index (χ0v) is 15.7. The van der Waals surface area contributed by atoms with E-state index in [-0.39, 0.29) is 29.4 Å². The summed E-state index contributed by atoms with van der Waals surface area (Å²) in [6, 6.07) is 2.89. The molecule has 0 spiro atoms. The van der Waals surface area contributed by atoms with E-state index in [1.165, 1.54) is 26.0 Å². The number of hydrogen-bond donors (Lipinski definition) is 2. The smallest absolute Gasteiger partial charge is 0.325 e. The number of carbonyl (C=O) groups excluding carboxylic acids is 4. The number of urea groups is 1. The number of nitro benzene ring substituents is 1. The van der Waals surface area contributed by atoms with Crippen LogP contribution >= 0.6 is 11.6 Å². The molecule has 2 rings (SSSR count). The number of rotatable bonds is 7. The van der Waals surface area contributed by atoms with E-state index in [4.69, 9.17) is 16.3 Å². The molecule has 0 radical (unpaired) electrons. The minimum Gasteiger partial charge on any atom is -0.456 e. The van der Waals surface area contributed by atoms with Crippen LogP contribution in [0.5, 0.6) is 0 Å². The minimum absolute atomic E-state index is 0.00141. The number of ether oxygens (including phenoxy) is 1. The van der Waals surface area contributed by atoms with Crippen molar-refractivity contribution in [2.45, 2.75) is 25.8 Å². The summed E-state index contributed by atoms with van der Waals surface area (Å²) in [5.74, 6) is -2.03. The van der Waals surface area contributed by atoms with Crippen LogP contribution in [0.1, 0.15) is 20.3 Å². The molecule has 1 aliphatic rings. The first-order chi connectivity index (χ1) is 13.0. The number of halogens is 1. The fourth-order valence-corrected chi connectivity index (χ4v) is 2.52. The van der Waals surface area contributed by atoms with E-state index in [1.54, 1.807) is 0 Å². The third-order valence-electron chi connectivity index (χ3n) is 3.78. The largest absolute Gasteiger partial charge is 0.456 e. The molecule has 1 saturated heterocycles. The van der Waals surface area contributed by atoms with Gasteiger partial charge in [-0.2, -0.15) is 0 Å². The highest BCUT2D eigenvalue weighted by Gasteiger charge is 2.44. The normalized spacial score (nSPS) is 15.2. The molecule has 1 aliphatic heterocycles. The van der Waals surface area contributed by atoms with Gasteiger partial charge < -0.3 is 15.4 Å². The third kappa shape index (κ3) is 4.94. The fourth-order valence-electron chi connectivity index (χ4n) is 2.35. The molecule has 1 heterocycles. The summed E-state index contributed by atoms with van der Waals surface area (Å²) >= 11 is 5.86. The summed E-state index contributed by atoms with van der Waals surface area (Å²) in [7, 11) is 0. The maximum atomic E-state index is 12.0. The third-order valence-corrected chi connectivity index (χ3v) is 4.11. The number of benzene rings is 1. The van der Waals surface area contributed by atoms with Crippen LogP contribution < -0.4 is 10.6 Å². The van der Waals surface area contributed by atoms with Crippen LogP contribution in [-0.2, 0) is 19.1 Å². The number of imide groups is 1. The summed E-state index contributed by atoms with van der Waals surface area (Å²) in [6.07, 6.45) is -0.292. The predicted molar refractivity (Wildman–Crippen MR) is 96.6 cm³/mol. The quantitative estimate of drug-likeness (QED) is 0.298. The topological polar surface area (TPSA) is 148 Å². The summed E-state index contributed by atoms with van der Waals surface area (Å²) in [5, 5.41) is 15.6. The molecule has 2 N–H and O–H groups in total. The number of carbonyl (C=O) groups is 4. The van der Waals surface area contributed by atoms with Gasteiger partial charge in [0.1, 0.15) is 5.54 Å². The summed E-state index contributed by atoms with van der Waals surface area (Å²) in [5.41, 5.74) is -1.31. The van der Waals surface area contributed by atoms with Crippen LogP contribution in [0.3, 0.4) is 0 Å². The Morgan fingerprint density at radius 3 is 2.61 bits per heavy atom. The molecule has 0 aromatic heterocycles. The average Bonchev–Trinajstić information content (AvgIpc) is 2.80. The second-order valence-electron chi connectivity index (χ2n) is 6.39. The highest BCUT2D eigenvalue weighted by Crippen LogP contribution is 2.26. The van der Waals surface area contributed by atoms with Crippen LogP contribution in [0.15, 0.2) is 18.2 Å². The van der Waals surface area contributed by atoms with Crippen LogP contribution in [-0.4, -0.2) is 52.3 Å². The number of nitrogens with one attached hydrogen (secondary N) is 2. The van der Waals surface area contributed by atoms with Gasteiger partial charge in [-0.15, -0.1) is 0 Å². The highest BCUT2D eigenvalue weighted by atomic mass is 35.5. The minimum atomic E-state index is -1.04. The lowest BCUT2D eigenvalue weighted by Gasteiger charge is -2.15. The molecule has 0 aliphatic carbocycles. The molecule has 0 atom stereocenters. The average molecular weight is 413 g/mol. The van der Waals surface area contributed by atoms with Crippen molar-refractivity contribution < 1.29 is 28.8 Å². The van der Waals surface area contributed by atoms with Crippen molar-refractivity contribution in [3.63, 3.8) is 0 Å². The van der Waals surface area contributed by atoms with Crippen LogP contribution in [0.25, 0.3) is 0 Å². The molecule has 4 amide bonds. The Morgan fingerprint density at radius 2 is 2.04 bits per heavy atom. The van der Waals surface area contributed by atoms with E-state index in [9.17, 15) is 29.3 Å². The van der Waals surface area contributed by atoms with Crippen molar-refractivity contribution in [2.75, 3.05) is 18.5 Å². The van der Waals surface area contributed by atoms with Gasteiger partial charge in [0.25, 0.3) is 17.5 Å². The molecule has 11 nitrogen and oxygen atoms in total. The molecule has 150 valence electrons. The molecule has 0 saturated carbocycles. The van der Waals surface area contributed by atoms with Crippen LogP contribution in [0.4, 0.5) is 16.2 Å². The van der Waals surface area contributed by atoms with Gasteiger partial charge in [-0.25, -0.2) is 4.79 Å². The molecule has 12 heteroatoms. The Bertz CT molecular complexity index is 855. The monoisotopic (exact) mass is 412 g/mol. The first kappa shape index (κ1) is 21.1. The van der Waals surface area contributed by atoms with E-state index in [2.05, 4.69) is 10.6 Å². The number of nitrogens with zero attached hydrogens (tertiary/aromatic N) is 2. The SMILES string of the molecule is CC1(C)NC(=O)N(CCC(=O)OCC(=O)Nc2cc([N+](=O)[O-])ccc2Cl)C1=O. The molecule has 1 aromatic rings. The lowest BCUT2D eigenvalue weighted by molar-refractivity contribution is -0.384. The van der Waals surface area contributed by atoms with Gasteiger partial charge in [-0.05, 0) is 19.9 Å². The van der Waals surface area contributed by atoms with Gasteiger partial charge in [0.2, 0.25) is 0 Å². The molecule has 1 aromatic carbocycles. The number of hydrogen-bond acceptors (Lipinski definition) is 7. The van der Waals surface area contributed by atoms with Gasteiger partial charge in [0.15, 0.2) is 6.61 Å². The summed E-state index contributed by atoms with van der Waals surface area (Å²) in [6.45, 7) is 2.22. The van der Waals surface area contributed by atoms with Gasteiger partial charge >= 0.3 is 12.0 Å². The number of anilines is 1. The van der Waals surface area contributed by atoms with Gasteiger partial charge in [0, 0.05) is 18.7 Å². The second kappa shape index (κ2) is 8.21. The Kier molecular flexibility index (Phi) is 6.19. The molecule has 28 heavy (non-hydrogen) atoms. The number of esters is 1. The lowest BCUT2D eigenvalue weighted by atomic mass is 10.1. The van der Waals surface area contributed by atoms with Crippen molar-refractivity contribution in [3.05, 3.63) is 33.3 Å². The number of non-ortho nitro benzene ring substituents is 1. The molecular formula is C16H17ClN4O7. The molecule has 0 unspecified atom stereocenters. The van der Waals surface area contributed by atoms with Crippen LogP contribution in [0, 0.1) is 10.1 Å². The first-order valence-corrected chi connectivity index (χ1v) is 8.42. The fraction of sp³-hybridized carbons (Fsp3) is 0.375. The first-order valence-electron chi connectivity index (χ1n) is 8.05. The summed E-state index contributed by atoms with van der Waals surface area (Å²) in [4.78, 5) is 58.3. The Labute approximate surface area is 164 Å². The van der Waals surface area contributed by atoms with Crippen molar-refractivity contribution in [2.24, 2.45) is 0 Å². The van der Waals surface area contributed by atoms with E-state index in [0.29, 0.717) is 0 Å². The highest BCUT2D eigenvalue weighted by molar-refractivity contribution is 6.33. The van der Waals surface area contributed by atoms with E-state index < -0.39 is 40.9 Å². The van der Waals surface area contributed by atoms with Crippen molar-refractivity contribution >= 4 is 46.8 Å². The molecular weight excluding hydrogens is 396 g/mol. The Hall–Kier alpha value is -3.21. The van der Waals surface area contributed by atoms with Gasteiger partial charge in [0.05, 0.1) is 22.1 Å². The van der Waals surface area contributed by atoms with Crippen molar-refractivity contribution in [1.82, 2.24) is 10.2 Å². The summed E-state index contributed by atoms with van der Waals surface area (Å²) < 4.78 is 4.78. The predicted octanol–water partition coefficient (Wildman–Crippen LogP) is 1.45. The van der Waals surface area contributed by atoms with E-state index >= 15 is 0 Å². The maximum Gasteiger partial charge on any atom is 0.325 e. The second-order valence-corrected chi connectivity index (χ2v) is 6.80. The van der Waals surface area contributed by atoms with Crippen molar-refractivity contribution in [3.8, 4) is 0 Å². The van der Waals surface area contributed by atoms with Gasteiger partial charge in [-0.3, -0.25) is 29.4 Å². The standard InChI is InChI=1S/C16H17ClN4O7/c1-16(2)14(24)20(15(25)19-16)6-5-13(23)28-8-12(22)18-11-7-9(21(26)27)3-4-10(11)17/h3-4,7H,5-6,8H2,1-2H3,(H,18,22)(H,19,25). The molecule has 1 fully saturated rings. The zero-order chi connectivity index (χ0) is 21.1. The van der Waals surface area contributed by atoms with Crippen molar-refractivity contribution in [1.29, 1.82) is 0 Å². The Balaban J connectivity index is 1.82. The zero-order valence-electron chi connectivity index (χ0n) is 15.0. The van der Waals surface area contributed by atoms with Gasteiger partial charge in [-0.1, -0.05) is 11.6 Å². The van der Waals surface area contributed by atoms with Crippen LogP contribution in [0.2, 0.25) is 5.02 Å². The Morgan fingerprint density at radius 1 is 1.36 bits per heavy atom. The lowest BCUT2D eigenvalue weighted by Crippen LogP contribution is -2.40.